The number of thiazole rings is 1. The largest absolute Gasteiger partial charge is 0.489 e. The summed E-state index contributed by atoms with van der Waals surface area (Å²) in [5.41, 5.74) is 4.50. The molecule has 3 nitrogen and oxygen atoms in total. The molecule has 3 aromatic rings. The van der Waals surface area contributed by atoms with E-state index >= 15 is 0 Å². The third kappa shape index (κ3) is 4.22. The average molecular weight is 338 g/mol. The van der Waals surface area contributed by atoms with Crippen molar-refractivity contribution < 1.29 is 4.74 Å². The van der Waals surface area contributed by atoms with Crippen molar-refractivity contribution >= 4 is 11.3 Å². The summed E-state index contributed by atoms with van der Waals surface area (Å²) >= 11 is 1.72. The van der Waals surface area contributed by atoms with Crippen LogP contribution in [0, 0.1) is 6.92 Å². The number of aryl methyl sites for hydroxylation is 1. The van der Waals surface area contributed by atoms with Gasteiger partial charge in [0.15, 0.2) is 0 Å². The van der Waals surface area contributed by atoms with E-state index in [1.165, 1.54) is 10.6 Å². The summed E-state index contributed by atoms with van der Waals surface area (Å²) in [6.45, 7) is 3.63. The molecule has 2 aromatic carbocycles. The fourth-order valence-electron chi connectivity index (χ4n) is 2.50. The first-order chi connectivity index (χ1) is 11.8. The Kier molecular flexibility index (Phi) is 5.62. The van der Waals surface area contributed by atoms with Crippen LogP contribution < -0.4 is 10.1 Å². The summed E-state index contributed by atoms with van der Waals surface area (Å²) in [6.07, 6.45) is 0.971. The van der Waals surface area contributed by atoms with Crippen molar-refractivity contribution in [2.24, 2.45) is 0 Å². The summed E-state index contributed by atoms with van der Waals surface area (Å²) < 4.78 is 5.95. The van der Waals surface area contributed by atoms with E-state index in [4.69, 9.17) is 9.72 Å². The van der Waals surface area contributed by atoms with Gasteiger partial charge >= 0.3 is 0 Å². The first-order valence-corrected chi connectivity index (χ1v) is 9.01. The molecule has 4 heteroatoms. The zero-order chi connectivity index (χ0) is 16.8. The molecule has 0 bridgehead atoms. The summed E-state index contributed by atoms with van der Waals surface area (Å²) in [6, 6.07) is 16.5. The number of benzene rings is 2. The van der Waals surface area contributed by atoms with E-state index in [0.29, 0.717) is 6.61 Å². The molecule has 0 fully saturated rings. The topological polar surface area (TPSA) is 34.2 Å². The lowest BCUT2D eigenvalue weighted by Crippen LogP contribution is -2.09. The van der Waals surface area contributed by atoms with E-state index in [1.54, 1.807) is 11.3 Å². The second kappa shape index (κ2) is 8.08. The molecule has 0 unspecified atom stereocenters. The minimum atomic E-state index is 0.589. The predicted molar refractivity (Wildman–Crippen MR) is 101 cm³/mol. The van der Waals surface area contributed by atoms with Crippen molar-refractivity contribution in [3.8, 4) is 17.0 Å². The van der Waals surface area contributed by atoms with E-state index in [1.807, 2.05) is 31.3 Å². The van der Waals surface area contributed by atoms with E-state index in [0.717, 1.165) is 35.5 Å². The molecule has 0 aliphatic heterocycles. The van der Waals surface area contributed by atoms with Crippen LogP contribution in [0.4, 0.5) is 0 Å². The zero-order valence-corrected chi connectivity index (χ0v) is 14.9. The van der Waals surface area contributed by atoms with Gasteiger partial charge in [-0.1, -0.05) is 30.3 Å². The second-order valence-corrected chi connectivity index (χ2v) is 6.68. The maximum absolute atomic E-state index is 5.95. The molecule has 0 saturated heterocycles. The van der Waals surface area contributed by atoms with Gasteiger partial charge in [-0.3, -0.25) is 0 Å². The van der Waals surface area contributed by atoms with Crippen LogP contribution >= 0.6 is 11.3 Å². The van der Waals surface area contributed by atoms with Gasteiger partial charge in [0.2, 0.25) is 0 Å². The average Bonchev–Trinajstić information content (AvgIpc) is 3.09. The molecule has 0 saturated carbocycles. The third-order valence-corrected chi connectivity index (χ3v) is 4.76. The standard InChI is InChI=1S/C20H22N2OS/c1-15-12-17(18-14-24-20(22-18)10-11-21-2)8-9-19(15)23-13-16-6-4-3-5-7-16/h3-9,12,14,21H,10-11,13H2,1-2H3. The van der Waals surface area contributed by atoms with Crippen molar-refractivity contribution in [3.05, 3.63) is 70.0 Å². The fraction of sp³-hybridized carbons (Fsp3) is 0.250. The van der Waals surface area contributed by atoms with Gasteiger partial charge in [-0.25, -0.2) is 4.98 Å². The van der Waals surface area contributed by atoms with Crippen LogP contribution in [-0.4, -0.2) is 18.6 Å². The van der Waals surface area contributed by atoms with E-state index in [9.17, 15) is 0 Å². The number of nitrogens with one attached hydrogen (secondary N) is 1. The normalized spacial score (nSPS) is 10.8. The molecule has 0 aliphatic rings. The van der Waals surface area contributed by atoms with Crippen molar-refractivity contribution in [1.82, 2.24) is 10.3 Å². The smallest absolute Gasteiger partial charge is 0.122 e. The lowest BCUT2D eigenvalue weighted by molar-refractivity contribution is 0.304. The van der Waals surface area contributed by atoms with Gasteiger partial charge in [-0.15, -0.1) is 11.3 Å². The Balaban J connectivity index is 1.69. The molecule has 1 aromatic heterocycles. The number of rotatable bonds is 7. The van der Waals surface area contributed by atoms with Crippen LogP contribution in [0.3, 0.4) is 0 Å². The highest BCUT2D eigenvalue weighted by Crippen LogP contribution is 2.28. The Hall–Kier alpha value is -2.17. The lowest BCUT2D eigenvalue weighted by Gasteiger charge is -2.10. The van der Waals surface area contributed by atoms with Crippen LogP contribution in [-0.2, 0) is 13.0 Å². The summed E-state index contributed by atoms with van der Waals surface area (Å²) in [7, 11) is 1.96. The molecule has 0 aliphatic carbocycles. The molecule has 0 atom stereocenters. The molecule has 24 heavy (non-hydrogen) atoms. The predicted octanol–water partition coefficient (Wildman–Crippen LogP) is 4.46. The van der Waals surface area contributed by atoms with Crippen LogP contribution in [0.25, 0.3) is 11.3 Å². The molecular formula is C20H22N2OS. The van der Waals surface area contributed by atoms with Gasteiger partial charge in [0.1, 0.15) is 12.4 Å². The first kappa shape index (κ1) is 16.7. The highest BCUT2D eigenvalue weighted by Gasteiger charge is 2.07. The molecular weight excluding hydrogens is 316 g/mol. The highest BCUT2D eigenvalue weighted by molar-refractivity contribution is 7.09. The van der Waals surface area contributed by atoms with E-state index in [-0.39, 0.29) is 0 Å². The summed E-state index contributed by atoms with van der Waals surface area (Å²) in [4.78, 5) is 4.72. The Morgan fingerprint density at radius 1 is 1.12 bits per heavy atom. The number of hydrogen-bond acceptors (Lipinski definition) is 4. The molecule has 0 amide bonds. The Morgan fingerprint density at radius 2 is 1.96 bits per heavy atom. The summed E-state index contributed by atoms with van der Waals surface area (Å²) in [5.74, 6) is 0.924. The number of aromatic nitrogens is 1. The van der Waals surface area contributed by atoms with Gasteiger partial charge in [0.05, 0.1) is 10.7 Å². The summed E-state index contributed by atoms with van der Waals surface area (Å²) in [5, 5.41) is 6.46. The van der Waals surface area contributed by atoms with Gasteiger partial charge in [0.25, 0.3) is 0 Å². The van der Waals surface area contributed by atoms with Crippen LogP contribution in [0.15, 0.2) is 53.9 Å². The van der Waals surface area contributed by atoms with E-state index < -0.39 is 0 Å². The minimum absolute atomic E-state index is 0.589. The highest BCUT2D eigenvalue weighted by atomic mass is 32.1. The molecule has 3 rings (SSSR count). The Morgan fingerprint density at radius 3 is 2.71 bits per heavy atom. The molecule has 124 valence electrons. The fourth-order valence-corrected chi connectivity index (χ4v) is 3.30. The Labute approximate surface area is 147 Å². The second-order valence-electron chi connectivity index (χ2n) is 5.73. The van der Waals surface area contributed by atoms with Crippen molar-refractivity contribution in [2.75, 3.05) is 13.6 Å². The monoisotopic (exact) mass is 338 g/mol. The number of nitrogens with zero attached hydrogens (tertiary/aromatic N) is 1. The van der Waals surface area contributed by atoms with Crippen molar-refractivity contribution in [2.45, 2.75) is 20.0 Å². The van der Waals surface area contributed by atoms with Gasteiger partial charge in [-0.05, 0) is 43.3 Å². The van der Waals surface area contributed by atoms with Crippen LogP contribution in [0.5, 0.6) is 5.75 Å². The van der Waals surface area contributed by atoms with E-state index in [2.05, 4.69) is 41.9 Å². The van der Waals surface area contributed by atoms with Crippen LogP contribution in [0.2, 0.25) is 0 Å². The number of likely N-dealkylation sites (N-methyl/N-ethyl adjacent to an activating group) is 1. The quantitative estimate of drug-likeness (QED) is 0.691. The maximum Gasteiger partial charge on any atom is 0.122 e. The molecule has 1 N–H and O–H groups in total. The van der Waals surface area contributed by atoms with Gasteiger partial charge in [0, 0.05) is 23.9 Å². The van der Waals surface area contributed by atoms with Crippen LogP contribution in [0.1, 0.15) is 16.1 Å². The van der Waals surface area contributed by atoms with Gasteiger partial charge < -0.3 is 10.1 Å². The minimum Gasteiger partial charge on any atom is -0.489 e. The van der Waals surface area contributed by atoms with Crippen molar-refractivity contribution in [3.63, 3.8) is 0 Å². The molecule has 0 spiro atoms. The molecule has 1 heterocycles. The zero-order valence-electron chi connectivity index (χ0n) is 14.1. The Bertz CT molecular complexity index is 783. The van der Waals surface area contributed by atoms with Crippen molar-refractivity contribution in [1.29, 1.82) is 0 Å². The third-order valence-electron chi connectivity index (χ3n) is 3.85. The first-order valence-electron chi connectivity index (χ1n) is 8.13. The van der Waals surface area contributed by atoms with Gasteiger partial charge in [-0.2, -0.15) is 0 Å². The number of hydrogen-bond donors (Lipinski definition) is 1. The maximum atomic E-state index is 5.95. The SMILES string of the molecule is CNCCc1nc(-c2ccc(OCc3ccccc3)c(C)c2)cs1. The number of ether oxygens (including phenoxy) is 1. The molecule has 0 radical (unpaired) electrons. The lowest BCUT2D eigenvalue weighted by atomic mass is 10.1.